The first-order valence-corrected chi connectivity index (χ1v) is 9.22. The zero-order valence-electron chi connectivity index (χ0n) is 15.4. The second kappa shape index (κ2) is 7.20. The highest BCUT2D eigenvalue weighted by Gasteiger charge is 2.13. The molecule has 7 heteroatoms. The van der Waals surface area contributed by atoms with Crippen LogP contribution in [0.5, 0.6) is 11.5 Å². The number of ether oxygens (including phenoxy) is 2. The molecular weight excluding hydrogens is 368 g/mol. The SMILES string of the molecule is O=C(Cc1c[nH]c2ccccc12)Nc1ccc(Nc2ccc3c(c2)OCO3)nc1. The van der Waals surface area contributed by atoms with Crippen LogP contribution in [-0.2, 0) is 11.2 Å². The maximum absolute atomic E-state index is 12.4. The number of benzene rings is 2. The Labute approximate surface area is 166 Å². The third-order valence-electron chi connectivity index (χ3n) is 4.72. The Bertz CT molecular complexity index is 1180. The van der Waals surface area contributed by atoms with Crippen molar-refractivity contribution in [3.63, 3.8) is 0 Å². The quantitative estimate of drug-likeness (QED) is 0.478. The van der Waals surface area contributed by atoms with Gasteiger partial charge in [0.2, 0.25) is 12.7 Å². The normalized spacial score (nSPS) is 12.1. The fourth-order valence-corrected chi connectivity index (χ4v) is 3.32. The minimum atomic E-state index is -0.0898. The van der Waals surface area contributed by atoms with E-state index in [1.807, 2.05) is 60.8 Å². The first-order valence-electron chi connectivity index (χ1n) is 9.22. The lowest BCUT2D eigenvalue weighted by molar-refractivity contribution is -0.115. The van der Waals surface area contributed by atoms with Crippen LogP contribution >= 0.6 is 0 Å². The summed E-state index contributed by atoms with van der Waals surface area (Å²) < 4.78 is 10.7. The molecule has 0 saturated heterocycles. The van der Waals surface area contributed by atoms with Crippen LogP contribution in [0.4, 0.5) is 17.2 Å². The predicted molar refractivity (Wildman–Crippen MR) is 111 cm³/mol. The zero-order valence-corrected chi connectivity index (χ0v) is 15.4. The summed E-state index contributed by atoms with van der Waals surface area (Å²) in [6.07, 6.45) is 3.80. The molecule has 0 aliphatic carbocycles. The van der Waals surface area contributed by atoms with Crippen molar-refractivity contribution in [1.29, 1.82) is 0 Å². The molecule has 3 heterocycles. The fourth-order valence-electron chi connectivity index (χ4n) is 3.32. The van der Waals surface area contributed by atoms with Gasteiger partial charge in [-0.1, -0.05) is 18.2 Å². The summed E-state index contributed by atoms with van der Waals surface area (Å²) in [7, 11) is 0. The van der Waals surface area contributed by atoms with Crippen LogP contribution in [-0.4, -0.2) is 22.7 Å². The third kappa shape index (κ3) is 3.58. The van der Waals surface area contributed by atoms with Gasteiger partial charge in [0.25, 0.3) is 0 Å². The molecule has 144 valence electrons. The van der Waals surface area contributed by atoms with Crippen molar-refractivity contribution in [2.24, 2.45) is 0 Å². The van der Waals surface area contributed by atoms with Crippen molar-refractivity contribution >= 4 is 34.0 Å². The van der Waals surface area contributed by atoms with E-state index in [-0.39, 0.29) is 12.7 Å². The molecule has 3 N–H and O–H groups in total. The number of aromatic amines is 1. The first kappa shape index (κ1) is 17.1. The van der Waals surface area contributed by atoms with E-state index in [2.05, 4.69) is 20.6 Å². The summed E-state index contributed by atoms with van der Waals surface area (Å²) >= 11 is 0. The number of carbonyl (C=O) groups excluding carboxylic acids is 1. The lowest BCUT2D eigenvalue weighted by Crippen LogP contribution is -2.14. The average molecular weight is 386 g/mol. The standard InChI is InChI=1S/C22H18N4O3/c27-22(9-14-11-23-18-4-2-1-3-17(14)18)26-16-6-8-21(24-12-16)25-15-5-7-19-20(10-15)29-13-28-19/h1-8,10-12,23H,9,13H2,(H,24,25)(H,26,27). The van der Waals surface area contributed by atoms with Crippen molar-refractivity contribution in [3.05, 3.63) is 72.6 Å². The molecule has 0 saturated carbocycles. The molecule has 4 aromatic rings. The van der Waals surface area contributed by atoms with E-state index in [1.54, 1.807) is 6.20 Å². The second-order valence-corrected chi connectivity index (χ2v) is 6.71. The number of para-hydroxylation sites is 1. The number of anilines is 3. The highest BCUT2D eigenvalue weighted by Crippen LogP contribution is 2.34. The number of amides is 1. The molecule has 7 nitrogen and oxygen atoms in total. The van der Waals surface area contributed by atoms with Crippen LogP contribution < -0.4 is 20.1 Å². The molecule has 1 aliphatic heterocycles. The second-order valence-electron chi connectivity index (χ2n) is 6.71. The number of nitrogens with one attached hydrogen (secondary N) is 3. The number of H-pyrrole nitrogens is 1. The van der Waals surface area contributed by atoms with Crippen LogP contribution in [0.25, 0.3) is 10.9 Å². The minimum Gasteiger partial charge on any atom is -0.454 e. The smallest absolute Gasteiger partial charge is 0.231 e. The number of carbonyl (C=O) groups is 1. The Balaban J connectivity index is 1.22. The van der Waals surface area contributed by atoms with Crippen molar-refractivity contribution in [2.45, 2.75) is 6.42 Å². The van der Waals surface area contributed by atoms with Crippen molar-refractivity contribution in [2.75, 3.05) is 17.4 Å². The van der Waals surface area contributed by atoms with Gasteiger partial charge in [0, 0.05) is 28.9 Å². The maximum Gasteiger partial charge on any atom is 0.231 e. The summed E-state index contributed by atoms with van der Waals surface area (Å²) in [5, 5.41) is 7.16. The molecule has 0 unspecified atom stereocenters. The van der Waals surface area contributed by atoms with Gasteiger partial charge >= 0.3 is 0 Å². The summed E-state index contributed by atoms with van der Waals surface area (Å²) in [6, 6.07) is 17.2. The highest BCUT2D eigenvalue weighted by atomic mass is 16.7. The van der Waals surface area contributed by atoms with Crippen molar-refractivity contribution < 1.29 is 14.3 Å². The molecule has 29 heavy (non-hydrogen) atoms. The van der Waals surface area contributed by atoms with Crippen LogP contribution in [0.3, 0.4) is 0 Å². The van der Waals surface area contributed by atoms with Crippen LogP contribution in [0.2, 0.25) is 0 Å². The van der Waals surface area contributed by atoms with Crippen molar-refractivity contribution in [3.8, 4) is 11.5 Å². The van der Waals surface area contributed by atoms with Gasteiger partial charge in [0.1, 0.15) is 5.82 Å². The lowest BCUT2D eigenvalue weighted by Gasteiger charge is -2.08. The largest absolute Gasteiger partial charge is 0.454 e. The Hall–Kier alpha value is -4.00. The number of fused-ring (bicyclic) bond motifs is 2. The highest BCUT2D eigenvalue weighted by molar-refractivity contribution is 5.95. The van der Waals surface area contributed by atoms with Crippen LogP contribution in [0, 0.1) is 0 Å². The van der Waals surface area contributed by atoms with E-state index in [9.17, 15) is 4.79 Å². The molecule has 0 atom stereocenters. The van der Waals surface area contributed by atoms with Gasteiger partial charge < -0.3 is 25.1 Å². The van der Waals surface area contributed by atoms with E-state index in [0.29, 0.717) is 23.7 Å². The number of rotatable bonds is 5. The minimum absolute atomic E-state index is 0.0898. The Morgan fingerprint density at radius 3 is 2.79 bits per heavy atom. The van der Waals surface area contributed by atoms with Gasteiger partial charge in [0.15, 0.2) is 11.5 Å². The molecule has 0 radical (unpaired) electrons. The molecule has 0 spiro atoms. The maximum atomic E-state index is 12.4. The summed E-state index contributed by atoms with van der Waals surface area (Å²) in [6.45, 7) is 0.240. The number of aromatic nitrogens is 2. The van der Waals surface area contributed by atoms with Gasteiger partial charge in [-0.05, 0) is 35.9 Å². The van der Waals surface area contributed by atoms with E-state index in [0.717, 1.165) is 27.9 Å². The Morgan fingerprint density at radius 2 is 1.90 bits per heavy atom. The molecule has 2 aromatic heterocycles. The van der Waals surface area contributed by atoms with E-state index in [4.69, 9.17) is 9.47 Å². The third-order valence-corrected chi connectivity index (χ3v) is 4.72. The lowest BCUT2D eigenvalue weighted by atomic mass is 10.1. The molecule has 0 bridgehead atoms. The monoisotopic (exact) mass is 386 g/mol. The molecule has 5 rings (SSSR count). The van der Waals surface area contributed by atoms with Crippen LogP contribution in [0.15, 0.2) is 67.0 Å². The zero-order chi connectivity index (χ0) is 19.6. The number of hydrogen-bond donors (Lipinski definition) is 3. The first-order chi connectivity index (χ1) is 14.2. The Kier molecular flexibility index (Phi) is 4.25. The van der Waals surface area contributed by atoms with Gasteiger partial charge in [0.05, 0.1) is 18.3 Å². The fraction of sp³-hybridized carbons (Fsp3) is 0.0909. The molecule has 1 aliphatic rings. The van der Waals surface area contributed by atoms with E-state index >= 15 is 0 Å². The van der Waals surface area contributed by atoms with E-state index in [1.165, 1.54) is 0 Å². The molecule has 2 aromatic carbocycles. The number of hydrogen-bond acceptors (Lipinski definition) is 5. The number of pyridine rings is 1. The van der Waals surface area contributed by atoms with E-state index < -0.39 is 0 Å². The summed E-state index contributed by atoms with van der Waals surface area (Å²) in [5.41, 5.74) is 3.48. The topological polar surface area (TPSA) is 88.3 Å². The number of nitrogens with zero attached hydrogens (tertiary/aromatic N) is 1. The van der Waals surface area contributed by atoms with Crippen LogP contribution in [0.1, 0.15) is 5.56 Å². The summed E-state index contributed by atoms with van der Waals surface area (Å²) in [5.74, 6) is 2.01. The van der Waals surface area contributed by atoms with Gasteiger partial charge in [-0.25, -0.2) is 4.98 Å². The predicted octanol–water partition coefficient (Wildman–Crippen LogP) is 4.22. The average Bonchev–Trinajstić information content (AvgIpc) is 3.36. The van der Waals surface area contributed by atoms with Gasteiger partial charge in [-0.15, -0.1) is 0 Å². The van der Waals surface area contributed by atoms with Gasteiger partial charge in [-0.2, -0.15) is 0 Å². The summed E-state index contributed by atoms with van der Waals surface area (Å²) in [4.78, 5) is 20.0. The van der Waals surface area contributed by atoms with Crippen molar-refractivity contribution in [1.82, 2.24) is 9.97 Å². The van der Waals surface area contributed by atoms with Gasteiger partial charge in [-0.3, -0.25) is 4.79 Å². The molecule has 0 fully saturated rings. The molecule has 1 amide bonds. The molecular formula is C22H18N4O3. The Morgan fingerprint density at radius 1 is 1.03 bits per heavy atom.